The van der Waals surface area contributed by atoms with Crippen LogP contribution in [-0.2, 0) is 19.5 Å². The lowest BCUT2D eigenvalue weighted by Gasteiger charge is -2.26. The number of fused-ring (bicyclic) bond motifs is 1. The number of anilines is 1. The van der Waals surface area contributed by atoms with Crippen molar-refractivity contribution in [2.24, 2.45) is 0 Å². The van der Waals surface area contributed by atoms with Crippen molar-refractivity contribution >= 4 is 39.6 Å². The fourth-order valence-corrected chi connectivity index (χ4v) is 5.04. The van der Waals surface area contributed by atoms with Crippen LogP contribution in [0, 0.1) is 11.3 Å². The molecular formula is C23H20N4OS2. The third-order valence-electron chi connectivity index (χ3n) is 4.99. The van der Waals surface area contributed by atoms with Gasteiger partial charge in [-0.2, -0.15) is 5.26 Å². The highest BCUT2D eigenvalue weighted by Crippen LogP contribution is 2.37. The number of nitrogens with one attached hydrogen (secondary N) is 2. The van der Waals surface area contributed by atoms with Crippen LogP contribution >= 0.6 is 23.6 Å². The molecule has 5 nitrogen and oxygen atoms in total. The molecule has 0 fully saturated rings. The Balaban J connectivity index is 1.45. The molecule has 1 aliphatic rings. The molecule has 0 spiro atoms. The summed E-state index contributed by atoms with van der Waals surface area (Å²) in [4.78, 5) is 15.9. The van der Waals surface area contributed by atoms with Crippen LogP contribution in [0.15, 0.2) is 60.7 Å². The van der Waals surface area contributed by atoms with Gasteiger partial charge in [0.2, 0.25) is 0 Å². The van der Waals surface area contributed by atoms with Gasteiger partial charge in [0.25, 0.3) is 5.91 Å². The Morgan fingerprint density at radius 2 is 1.83 bits per heavy atom. The largest absolute Gasteiger partial charge is 0.323 e. The van der Waals surface area contributed by atoms with Crippen LogP contribution in [-0.4, -0.2) is 22.5 Å². The first kappa shape index (κ1) is 20.2. The fourth-order valence-electron chi connectivity index (χ4n) is 3.54. The minimum Gasteiger partial charge on any atom is -0.323 e. The molecule has 3 aromatic rings. The van der Waals surface area contributed by atoms with Crippen LogP contribution in [0.3, 0.4) is 0 Å². The molecule has 1 aromatic heterocycles. The SMILES string of the molecule is N#Cc1c(NC(=S)NC(=O)c2ccccc2)sc2c1CCN(Cc1ccccc1)C2. The smallest absolute Gasteiger partial charge is 0.257 e. The number of hydrogen-bond donors (Lipinski definition) is 2. The van der Waals surface area contributed by atoms with Crippen LogP contribution in [0.25, 0.3) is 0 Å². The maximum absolute atomic E-state index is 12.3. The van der Waals surface area contributed by atoms with Gasteiger partial charge in [0.05, 0.1) is 5.56 Å². The number of carbonyl (C=O) groups excluding carboxylic acids is 1. The molecule has 2 heterocycles. The second kappa shape index (κ2) is 9.18. The van der Waals surface area contributed by atoms with Crippen molar-refractivity contribution in [3.05, 3.63) is 87.8 Å². The summed E-state index contributed by atoms with van der Waals surface area (Å²) in [7, 11) is 0. The monoisotopic (exact) mass is 432 g/mol. The van der Waals surface area contributed by atoms with E-state index in [1.54, 1.807) is 24.3 Å². The summed E-state index contributed by atoms with van der Waals surface area (Å²) in [5.74, 6) is -0.276. The van der Waals surface area contributed by atoms with Crippen molar-refractivity contribution in [1.29, 1.82) is 5.26 Å². The number of amides is 1. The van der Waals surface area contributed by atoms with E-state index in [9.17, 15) is 10.1 Å². The predicted molar refractivity (Wildman–Crippen MR) is 123 cm³/mol. The lowest BCUT2D eigenvalue weighted by molar-refractivity contribution is 0.0977. The molecule has 0 unspecified atom stereocenters. The molecule has 0 aliphatic carbocycles. The number of nitrogens with zero attached hydrogens (tertiary/aromatic N) is 2. The Labute approximate surface area is 185 Å². The van der Waals surface area contributed by atoms with Gasteiger partial charge in [0.1, 0.15) is 11.1 Å². The Bertz CT molecular complexity index is 1100. The molecule has 2 N–H and O–H groups in total. The third-order valence-corrected chi connectivity index (χ3v) is 6.32. The Hall–Kier alpha value is -3.05. The number of thiocarbonyl (C=S) groups is 1. The van der Waals surface area contributed by atoms with Crippen LogP contribution < -0.4 is 10.6 Å². The van der Waals surface area contributed by atoms with E-state index in [1.165, 1.54) is 21.8 Å². The zero-order chi connectivity index (χ0) is 20.9. The maximum Gasteiger partial charge on any atom is 0.257 e. The lowest BCUT2D eigenvalue weighted by Crippen LogP contribution is -2.34. The molecule has 0 saturated carbocycles. The van der Waals surface area contributed by atoms with Crippen molar-refractivity contribution in [3.63, 3.8) is 0 Å². The highest BCUT2D eigenvalue weighted by atomic mass is 32.1. The average molecular weight is 433 g/mol. The summed E-state index contributed by atoms with van der Waals surface area (Å²) in [6.45, 7) is 2.59. The lowest BCUT2D eigenvalue weighted by atomic mass is 10.0. The van der Waals surface area contributed by atoms with E-state index in [2.05, 4.69) is 45.9 Å². The average Bonchev–Trinajstić information content (AvgIpc) is 3.10. The minimum atomic E-state index is -0.276. The topological polar surface area (TPSA) is 68.2 Å². The summed E-state index contributed by atoms with van der Waals surface area (Å²) in [5.41, 5.74) is 3.53. The van der Waals surface area contributed by atoms with Crippen LogP contribution in [0.2, 0.25) is 0 Å². The summed E-state index contributed by atoms with van der Waals surface area (Å²) in [5, 5.41) is 16.3. The van der Waals surface area contributed by atoms with E-state index >= 15 is 0 Å². The van der Waals surface area contributed by atoms with Crippen LogP contribution in [0.1, 0.15) is 31.9 Å². The molecule has 30 heavy (non-hydrogen) atoms. The Morgan fingerprint density at radius 1 is 1.13 bits per heavy atom. The summed E-state index contributed by atoms with van der Waals surface area (Å²) in [6.07, 6.45) is 0.826. The van der Waals surface area contributed by atoms with Gasteiger partial charge in [0, 0.05) is 30.1 Å². The second-order valence-electron chi connectivity index (χ2n) is 7.04. The van der Waals surface area contributed by atoms with Gasteiger partial charge in [-0.3, -0.25) is 15.0 Å². The predicted octanol–water partition coefficient (Wildman–Crippen LogP) is 4.30. The van der Waals surface area contributed by atoms with Gasteiger partial charge in [-0.15, -0.1) is 11.3 Å². The highest BCUT2D eigenvalue weighted by molar-refractivity contribution is 7.80. The standard InChI is InChI=1S/C23H20N4OS2/c24-13-19-18-11-12-27(14-16-7-3-1-4-8-16)15-20(18)30-22(19)26-23(29)25-21(28)17-9-5-2-6-10-17/h1-10H,11-12,14-15H2,(H2,25,26,28,29). The summed E-state index contributed by atoms with van der Waals surface area (Å²) in [6, 6.07) is 21.6. The van der Waals surface area contributed by atoms with E-state index < -0.39 is 0 Å². The van der Waals surface area contributed by atoms with Gasteiger partial charge in [-0.05, 0) is 41.9 Å². The van der Waals surface area contributed by atoms with E-state index in [4.69, 9.17) is 12.2 Å². The first-order valence-electron chi connectivity index (χ1n) is 9.62. The van der Waals surface area contributed by atoms with Crippen molar-refractivity contribution in [2.45, 2.75) is 19.5 Å². The number of hydrogen-bond acceptors (Lipinski definition) is 5. The number of thiophene rings is 1. The molecule has 7 heteroatoms. The molecule has 2 aromatic carbocycles. The molecule has 0 radical (unpaired) electrons. The zero-order valence-corrected chi connectivity index (χ0v) is 17.9. The van der Waals surface area contributed by atoms with Gasteiger partial charge < -0.3 is 5.32 Å². The third kappa shape index (κ3) is 4.57. The zero-order valence-electron chi connectivity index (χ0n) is 16.2. The molecule has 0 saturated heterocycles. The summed E-state index contributed by atoms with van der Waals surface area (Å²) >= 11 is 6.85. The summed E-state index contributed by atoms with van der Waals surface area (Å²) < 4.78 is 0. The Morgan fingerprint density at radius 3 is 2.53 bits per heavy atom. The van der Waals surface area contributed by atoms with Crippen LogP contribution in [0.5, 0.6) is 0 Å². The highest BCUT2D eigenvalue weighted by Gasteiger charge is 2.25. The van der Waals surface area contributed by atoms with Crippen LogP contribution in [0.4, 0.5) is 5.00 Å². The first-order valence-corrected chi connectivity index (χ1v) is 10.8. The fraction of sp³-hybridized carbons (Fsp3) is 0.174. The van der Waals surface area contributed by atoms with Gasteiger partial charge in [-0.25, -0.2) is 0 Å². The van der Waals surface area contributed by atoms with Crippen molar-refractivity contribution in [1.82, 2.24) is 10.2 Å². The number of rotatable bonds is 4. The van der Waals surface area contributed by atoms with Crippen molar-refractivity contribution in [3.8, 4) is 6.07 Å². The minimum absolute atomic E-state index is 0.195. The van der Waals surface area contributed by atoms with Gasteiger partial charge in [-0.1, -0.05) is 48.5 Å². The number of nitriles is 1. The maximum atomic E-state index is 12.3. The van der Waals surface area contributed by atoms with E-state index in [0.29, 0.717) is 16.1 Å². The number of carbonyl (C=O) groups is 1. The quantitative estimate of drug-likeness (QED) is 0.602. The van der Waals surface area contributed by atoms with E-state index in [1.807, 2.05) is 12.1 Å². The van der Waals surface area contributed by atoms with E-state index in [0.717, 1.165) is 31.6 Å². The molecule has 150 valence electrons. The molecule has 0 bridgehead atoms. The second-order valence-corrected chi connectivity index (χ2v) is 8.55. The molecule has 1 aliphatic heterocycles. The number of benzene rings is 2. The van der Waals surface area contributed by atoms with E-state index in [-0.39, 0.29) is 11.0 Å². The van der Waals surface area contributed by atoms with Gasteiger partial charge >= 0.3 is 0 Å². The molecule has 4 rings (SSSR count). The molecule has 0 atom stereocenters. The molecular weight excluding hydrogens is 412 g/mol. The van der Waals surface area contributed by atoms with Crippen molar-refractivity contribution < 1.29 is 4.79 Å². The first-order chi connectivity index (χ1) is 14.6. The van der Waals surface area contributed by atoms with Gasteiger partial charge in [0.15, 0.2) is 5.11 Å². The molecule has 1 amide bonds. The normalized spacial score (nSPS) is 13.2. The Kier molecular flexibility index (Phi) is 6.19. The van der Waals surface area contributed by atoms with Crippen molar-refractivity contribution in [2.75, 3.05) is 11.9 Å².